The minimum absolute atomic E-state index is 0.0657. The van der Waals surface area contributed by atoms with Gasteiger partial charge in [0.15, 0.2) is 5.69 Å². The molecule has 0 unspecified atom stereocenters. The summed E-state index contributed by atoms with van der Waals surface area (Å²) in [4.78, 5) is 10.9. The van der Waals surface area contributed by atoms with Gasteiger partial charge in [-0.15, -0.1) is 0 Å². The first-order valence-corrected chi connectivity index (χ1v) is 7.04. The van der Waals surface area contributed by atoms with E-state index in [2.05, 4.69) is 35.5 Å². The second-order valence-corrected chi connectivity index (χ2v) is 5.01. The van der Waals surface area contributed by atoms with E-state index in [1.807, 2.05) is 24.3 Å². The van der Waals surface area contributed by atoms with Crippen LogP contribution in [0.4, 0.5) is 0 Å². The van der Waals surface area contributed by atoms with Crippen molar-refractivity contribution in [3.05, 3.63) is 83.3 Å². The molecule has 0 saturated heterocycles. The van der Waals surface area contributed by atoms with E-state index in [1.165, 1.54) is 6.07 Å². The van der Waals surface area contributed by atoms with Crippen molar-refractivity contribution >= 4 is 11.5 Å². The van der Waals surface area contributed by atoms with Crippen molar-refractivity contribution in [1.82, 2.24) is 5.16 Å². The Labute approximate surface area is 128 Å². The first-order valence-electron chi connectivity index (χ1n) is 7.04. The van der Waals surface area contributed by atoms with Crippen LogP contribution >= 0.6 is 0 Å². The van der Waals surface area contributed by atoms with Gasteiger partial charge in [-0.25, -0.2) is 4.79 Å². The minimum Gasteiger partial charge on any atom is -0.476 e. The smallest absolute Gasteiger partial charge is 0.358 e. The highest BCUT2D eigenvalue weighted by Crippen LogP contribution is 2.24. The number of nitrogens with zero attached hydrogens (tertiary/aromatic N) is 1. The summed E-state index contributed by atoms with van der Waals surface area (Å²) in [5, 5.41) is 12.5. The second kappa shape index (κ2) is 6.26. The average molecular weight is 293 g/mol. The predicted molar refractivity (Wildman–Crippen MR) is 83.6 cm³/mol. The van der Waals surface area contributed by atoms with Crippen molar-refractivity contribution in [2.75, 3.05) is 0 Å². The van der Waals surface area contributed by atoms with Crippen molar-refractivity contribution in [2.45, 2.75) is 12.8 Å². The van der Waals surface area contributed by atoms with E-state index >= 15 is 0 Å². The average Bonchev–Trinajstić information content (AvgIpc) is 2.82. The number of aromatic carboxylic acids is 1. The number of aromatic nitrogens is 1. The van der Waals surface area contributed by atoms with Crippen LogP contribution in [0.15, 0.2) is 65.2 Å². The zero-order chi connectivity index (χ0) is 15.4. The molecule has 0 atom stereocenters. The number of hydrogen-bond acceptors (Lipinski definition) is 3. The van der Waals surface area contributed by atoms with Crippen LogP contribution < -0.4 is 0 Å². The number of carboxylic acids is 1. The van der Waals surface area contributed by atoms with Crippen LogP contribution in [-0.4, -0.2) is 16.2 Å². The summed E-state index contributed by atoms with van der Waals surface area (Å²) < 4.78 is 5.11. The summed E-state index contributed by atoms with van der Waals surface area (Å²) in [5.41, 5.74) is 3.24. The Kier molecular flexibility index (Phi) is 4.01. The number of benzene rings is 1. The molecule has 3 rings (SSSR count). The number of carboxylic acid groups (broad SMARTS) is 1. The SMILES string of the molecule is O=C(O)c1cc(Cc2ccccc2C2=CC=CCC=C2)on1. The van der Waals surface area contributed by atoms with Gasteiger partial charge >= 0.3 is 5.97 Å². The molecular formula is C18H15NO3. The van der Waals surface area contributed by atoms with Crippen LogP contribution in [0.25, 0.3) is 5.57 Å². The Balaban J connectivity index is 1.92. The molecule has 0 bridgehead atoms. The lowest BCUT2D eigenvalue weighted by Gasteiger charge is -2.08. The molecule has 0 fully saturated rings. The zero-order valence-corrected chi connectivity index (χ0v) is 11.9. The van der Waals surface area contributed by atoms with Crippen LogP contribution in [0.3, 0.4) is 0 Å². The molecule has 1 N–H and O–H groups in total. The molecule has 1 aliphatic rings. The highest BCUT2D eigenvalue weighted by Gasteiger charge is 2.13. The summed E-state index contributed by atoms with van der Waals surface area (Å²) in [7, 11) is 0. The van der Waals surface area contributed by atoms with Gasteiger partial charge in [-0.2, -0.15) is 0 Å². The molecule has 1 heterocycles. The predicted octanol–water partition coefficient (Wildman–Crippen LogP) is 3.86. The minimum atomic E-state index is -1.08. The van der Waals surface area contributed by atoms with Gasteiger partial charge in [0, 0.05) is 12.5 Å². The van der Waals surface area contributed by atoms with Gasteiger partial charge < -0.3 is 9.63 Å². The Morgan fingerprint density at radius 1 is 1.27 bits per heavy atom. The molecule has 22 heavy (non-hydrogen) atoms. The molecule has 110 valence electrons. The molecule has 1 aromatic heterocycles. The van der Waals surface area contributed by atoms with E-state index in [-0.39, 0.29) is 5.69 Å². The Morgan fingerprint density at radius 2 is 2.14 bits per heavy atom. The Bertz CT molecular complexity index is 781. The van der Waals surface area contributed by atoms with Gasteiger partial charge in [0.1, 0.15) is 5.76 Å². The third kappa shape index (κ3) is 3.06. The van der Waals surface area contributed by atoms with Gasteiger partial charge in [0.2, 0.25) is 0 Å². The standard InChI is InChI=1S/C18H15NO3/c20-18(21)17-12-15(22-19-17)11-14-9-5-6-10-16(14)13-7-3-1-2-4-8-13/h1,3-10,12H,2,11H2,(H,20,21). The maximum absolute atomic E-state index is 10.9. The summed E-state index contributed by atoms with van der Waals surface area (Å²) in [6.07, 6.45) is 11.9. The number of hydrogen-bond donors (Lipinski definition) is 1. The summed E-state index contributed by atoms with van der Waals surface area (Å²) in [6.45, 7) is 0. The molecule has 1 aromatic carbocycles. The van der Waals surface area contributed by atoms with E-state index in [1.54, 1.807) is 0 Å². The van der Waals surface area contributed by atoms with Crippen molar-refractivity contribution in [1.29, 1.82) is 0 Å². The quantitative estimate of drug-likeness (QED) is 0.929. The van der Waals surface area contributed by atoms with E-state index in [4.69, 9.17) is 9.63 Å². The van der Waals surface area contributed by atoms with Crippen molar-refractivity contribution in [2.24, 2.45) is 0 Å². The highest BCUT2D eigenvalue weighted by molar-refractivity contribution is 5.85. The fourth-order valence-electron chi connectivity index (χ4n) is 2.40. The zero-order valence-electron chi connectivity index (χ0n) is 11.9. The van der Waals surface area contributed by atoms with Crippen LogP contribution in [0.2, 0.25) is 0 Å². The van der Waals surface area contributed by atoms with Gasteiger partial charge in [-0.1, -0.05) is 59.8 Å². The first-order chi connectivity index (χ1) is 10.7. The van der Waals surface area contributed by atoms with E-state index in [0.29, 0.717) is 12.2 Å². The topological polar surface area (TPSA) is 63.3 Å². The number of carbonyl (C=O) groups is 1. The molecule has 0 spiro atoms. The fraction of sp³-hybridized carbons (Fsp3) is 0.111. The Morgan fingerprint density at radius 3 is 2.95 bits per heavy atom. The molecule has 4 heteroatoms. The second-order valence-electron chi connectivity index (χ2n) is 5.01. The van der Waals surface area contributed by atoms with Crippen molar-refractivity contribution < 1.29 is 14.4 Å². The highest BCUT2D eigenvalue weighted by atomic mass is 16.5. The monoisotopic (exact) mass is 293 g/mol. The number of rotatable bonds is 4. The lowest BCUT2D eigenvalue weighted by atomic mass is 9.96. The largest absolute Gasteiger partial charge is 0.476 e. The summed E-state index contributed by atoms with van der Waals surface area (Å²) in [5.74, 6) is -0.540. The van der Waals surface area contributed by atoms with Crippen LogP contribution in [0.1, 0.15) is 33.8 Å². The summed E-state index contributed by atoms with van der Waals surface area (Å²) in [6, 6.07) is 9.49. The van der Waals surface area contributed by atoms with Crippen molar-refractivity contribution in [3.8, 4) is 0 Å². The molecule has 0 saturated carbocycles. The van der Waals surface area contributed by atoms with Gasteiger partial charge in [-0.3, -0.25) is 0 Å². The van der Waals surface area contributed by atoms with Crippen LogP contribution in [-0.2, 0) is 6.42 Å². The van der Waals surface area contributed by atoms with Crippen LogP contribution in [0.5, 0.6) is 0 Å². The van der Waals surface area contributed by atoms with E-state index in [9.17, 15) is 4.79 Å². The molecular weight excluding hydrogens is 278 g/mol. The molecule has 0 aliphatic heterocycles. The van der Waals surface area contributed by atoms with E-state index in [0.717, 1.165) is 23.1 Å². The molecule has 4 nitrogen and oxygen atoms in total. The molecule has 2 aromatic rings. The van der Waals surface area contributed by atoms with Crippen LogP contribution in [0, 0.1) is 0 Å². The summed E-state index contributed by atoms with van der Waals surface area (Å²) >= 11 is 0. The molecule has 0 radical (unpaired) electrons. The first kappa shape index (κ1) is 14.1. The molecule has 1 aliphatic carbocycles. The normalized spacial score (nSPS) is 13.7. The molecule has 0 amide bonds. The lowest BCUT2D eigenvalue weighted by molar-refractivity contribution is 0.0685. The van der Waals surface area contributed by atoms with Gasteiger partial charge in [0.05, 0.1) is 0 Å². The van der Waals surface area contributed by atoms with E-state index < -0.39 is 5.97 Å². The van der Waals surface area contributed by atoms with Crippen molar-refractivity contribution in [3.63, 3.8) is 0 Å². The maximum atomic E-state index is 10.9. The third-order valence-electron chi connectivity index (χ3n) is 3.45. The number of allylic oxidation sites excluding steroid dienone is 6. The maximum Gasteiger partial charge on any atom is 0.358 e. The fourth-order valence-corrected chi connectivity index (χ4v) is 2.40. The Hall–Kier alpha value is -2.88. The third-order valence-corrected chi connectivity index (χ3v) is 3.45. The van der Waals surface area contributed by atoms with Gasteiger partial charge in [0.25, 0.3) is 0 Å². The lowest BCUT2D eigenvalue weighted by Crippen LogP contribution is -1.95. The van der Waals surface area contributed by atoms with Gasteiger partial charge in [-0.05, 0) is 23.1 Å².